The maximum absolute atomic E-state index is 10.9. The largest absolute Gasteiger partial charge is 0.478 e. The van der Waals surface area contributed by atoms with E-state index in [1.54, 1.807) is 6.92 Å². The number of hydrogen-bond acceptors (Lipinski definition) is 2. The number of rotatable bonds is 3. The molecule has 15 heavy (non-hydrogen) atoms. The molecule has 0 amide bonds. The lowest BCUT2D eigenvalue weighted by atomic mass is 9.99. The van der Waals surface area contributed by atoms with Crippen molar-refractivity contribution in [3.05, 3.63) is 34.4 Å². The molecule has 2 N–H and O–H groups in total. The molecule has 4 nitrogen and oxygen atoms in total. The van der Waals surface area contributed by atoms with Gasteiger partial charge in [0.15, 0.2) is 0 Å². The molecule has 0 unspecified atom stereocenters. The van der Waals surface area contributed by atoms with E-state index in [1.807, 2.05) is 0 Å². The summed E-state index contributed by atoms with van der Waals surface area (Å²) in [5.41, 5.74) is 0.928. The molecule has 0 aromatic heterocycles. The van der Waals surface area contributed by atoms with Crippen LogP contribution in [0.1, 0.15) is 31.8 Å². The molecule has 0 aliphatic heterocycles. The van der Waals surface area contributed by atoms with Gasteiger partial charge < -0.3 is 10.2 Å². The average Bonchev–Trinajstić information content (AvgIpc) is 2.16. The predicted molar refractivity (Wildman–Crippen MR) is 54.7 cm³/mol. The van der Waals surface area contributed by atoms with Gasteiger partial charge in [-0.25, -0.2) is 9.59 Å². The normalized spacial score (nSPS) is 10.0. The smallest absolute Gasteiger partial charge is 0.336 e. The van der Waals surface area contributed by atoms with Crippen LogP contribution in [0, 0.1) is 6.92 Å². The van der Waals surface area contributed by atoms with Crippen molar-refractivity contribution in [2.45, 2.75) is 12.8 Å². The van der Waals surface area contributed by atoms with Crippen molar-refractivity contribution in [2.75, 3.05) is 0 Å². The van der Waals surface area contributed by atoms with E-state index >= 15 is 0 Å². The molecule has 0 heterocycles. The average molecular weight is 229 g/mol. The Balaban J connectivity index is 3.45. The molecule has 0 aliphatic carbocycles. The number of alkyl halides is 1. The molecule has 0 aliphatic rings. The molecule has 0 bridgehead atoms. The lowest BCUT2D eigenvalue weighted by Gasteiger charge is -2.08. The maximum Gasteiger partial charge on any atom is 0.336 e. The highest BCUT2D eigenvalue weighted by Gasteiger charge is 2.15. The Kier molecular flexibility index (Phi) is 3.31. The van der Waals surface area contributed by atoms with Crippen molar-refractivity contribution in [2.24, 2.45) is 0 Å². The van der Waals surface area contributed by atoms with Crippen LogP contribution in [-0.2, 0) is 5.88 Å². The topological polar surface area (TPSA) is 74.6 Å². The van der Waals surface area contributed by atoms with E-state index in [0.717, 1.165) is 6.07 Å². The van der Waals surface area contributed by atoms with Gasteiger partial charge in [-0.3, -0.25) is 0 Å². The van der Waals surface area contributed by atoms with Crippen LogP contribution in [0.15, 0.2) is 12.1 Å². The molecule has 1 aromatic carbocycles. The molecule has 0 spiro atoms. The van der Waals surface area contributed by atoms with Gasteiger partial charge in [0.25, 0.3) is 0 Å². The number of halogens is 1. The van der Waals surface area contributed by atoms with Crippen LogP contribution in [0.4, 0.5) is 0 Å². The first-order valence-corrected chi connectivity index (χ1v) is 4.67. The summed E-state index contributed by atoms with van der Waals surface area (Å²) in [5.74, 6) is -2.27. The summed E-state index contributed by atoms with van der Waals surface area (Å²) in [7, 11) is 0. The molecule has 1 aromatic rings. The fourth-order valence-corrected chi connectivity index (χ4v) is 1.66. The SMILES string of the molecule is Cc1cc(C(=O)O)cc(C(=O)O)c1CCl. The van der Waals surface area contributed by atoms with Gasteiger partial charge in [-0.05, 0) is 30.2 Å². The third kappa shape index (κ3) is 2.27. The highest BCUT2D eigenvalue weighted by molar-refractivity contribution is 6.17. The van der Waals surface area contributed by atoms with Crippen LogP contribution in [0.25, 0.3) is 0 Å². The van der Waals surface area contributed by atoms with Crippen LogP contribution < -0.4 is 0 Å². The second-order valence-electron chi connectivity index (χ2n) is 3.06. The summed E-state index contributed by atoms with van der Waals surface area (Å²) >= 11 is 5.60. The quantitative estimate of drug-likeness (QED) is 0.778. The first-order chi connectivity index (χ1) is 6.97. The van der Waals surface area contributed by atoms with Crippen LogP contribution in [0.2, 0.25) is 0 Å². The van der Waals surface area contributed by atoms with E-state index in [4.69, 9.17) is 21.8 Å². The summed E-state index contributed by atoms with van der Waals surface area (Å²) in [6.45, 7) is 1.64. The summed E-state index contributed by atoms with van der Waals surface area (Å²) < 4.78 is 0. The number of carboxylic acid groups (broad SMARTS) is 2. The standard InChI is InChI=1S/C10H9ClO4/c1-5-2-6(9(12)13)3-7(10(14)15)8(5)4-11/h2-3H,4H2,1H3,(H,12,13)(H,14,15). The summed E-state index contributed by atoms with van der Waals surface area (Å²) in [5, 5.41) is 17.6. The van der Waals surface area contributed by atoms with Gasteiger partial charge in [-0.2, -0.15) is 0 Å². The van der Waals surface area contributed by atoms with Crippen molar-refractivity contribution in [1.82, 2.24) is 0 Å². The predicted octanol–water partition coefficient (Wildman–Crippen LogP) is 2.13. The van der Waals surface area contributed by atoms with Crippen molar-refractivity contribution in [1.29, 1.82) is 0 Å². The number of aryl methyl sites for hydroxylation is 1. The Morgan fingerprint density at radius 3 is 2.27 bits per heavy atom. The molecule has 0 saturated carbocycles. The van der Waals surface area contributed by atoms with E-state index < -0.39 is 11.9 Å². The van der Waals surface area contributed by atoms with Crippen molar-refractivity contribution in [3.8, 4) is 0 Å². The third-order valence-electron chi connectivity index (χ3n) is 2.08. The molecule has 0 saturated heterocycles. The fraction of sp³-hybridized carbons (Fsp3) is 0.200. The van der Waals surface area contributed by atoms with E-state index in [1.165, 1.54) is 6.07 Å². The Labute approximate surface area is 91.1 Å². The molecule has 0 radical (unpaired) electrons. The molecule has 0 atom stereocenters. The minimum atomic E-state index is -1.17. The lowest BCUT2D eigenvalue weighted by Crippen LogP contribution is -2.07. The van der Waals surface area contributed by atoms with Gasteiger partial charge in [0.05, 0.1) is 11.1 Å². The first-order valence-electron chi connectivity index (χ1n) is 4.13. The Morgan fingerprint density at radius 2 is 1.87 bits per heavy atom. The van der Waals surface area contributed by atoms with Crippen LogP contribution in [-0.4, -0.2) is 22.2 Å². The number of carboxylic acids is 2. The highest BCUT2D eigenvalue weighted by atomic mass is 35.5. The fourth-order valence-electron chi connectivity index (χ4n) is 1.31. The second kappa shape index (κ2) is 4.31. The minimum absolute atomic E-state index is 0.0428. The van der Waals surface area contributed by atoms with Gasteiger partial charge in [0.1, 0.15) is 0 Å². The van der Waals surface area contributed by atoms with E-state index in [-0.39, 0.29) is 17.0 Å². The molecule has 0 fully saturated rings. The van der Waals surface area contributed by atoms with Crippen LogP contribution in [0.3, 0.4) is 0 Å². The maximum atomic E-state index is 10.9. The molecular weight excluding hydrogens is 220 g/mol. The first kappa shape index (κ1) is 11.5. The zero-order chi connectivity index (χ0) is 11.6. The summed E-state index contributed by atoms with van der Waals surface area (Å²) in [6.07, 6.45) is 0. The number of benzene rings is 1. The third-order valence-corrected chi connectivity index (χ3v) is 2.35. The molecular formula is C10H9ClO4. The Hall–Kier alpha value is -1.55. The van der Waals surface area contributed by atoms with Gasteiger partial charge in [0, 0.05) is 5.88 Å². The summed E-state index contributed by atoms with van der Waals surface area (Å²) in [4.78, 5) is 21.6. The van der Waals surface area contributed by atoms with Crippen molar-refractivity contribution in [3.63, 3.8) is 0 Å². The Bertz CT molecular complexity index is 426. The molecule has 5 heteroatoms. The summed E-state index contributed by atoms with van der Waals surface area (Å²) in [6, 6.07) is 2.53. The number of carbonyl (C=O) groups is 2. The van der Waals surface area contributed by atoms with E-state index in [2.05, 4.69) is 0 Å². The van der Waals surface area contributed by atoms with Crippen molar-refractivity contribution >= 4 is 23.5 Å². The lowest BCUT2D eigenvalue weighted by molar-refractivity contribution is 0.0695. The highest BCUT2D eigenvalue weighted by Crippen LogP contribution is 2.19. The van der Waals surface area contributed by atoms with Crippen molar-refractivity contribution < 1.29 is 19.8 Å². The van der Waals surface area contributed by atoms with Gasteiger partial charge in [-0.15, -0.1) is 11.6 Å². The zero-order valence-electron chi connectivity index (χ0n) is 7.95. The zero-order valence-corrected chi connectivity index (χ0v) is 8.71. The van der Waals surface area contributed by atoms with Gasteiger partial charge >= 0.3 is 11.9 Å². The second-order valence-corrected chi connectivity index (χ2v) is 3.33. The van der Waals surface area contributed by atoms with Gasteiger partial charge in [0.2, 0.25) is 0 Å². The molecule has 80 valence electrons. The minimum Gasteiger partial charge on any atom is -0.478 e. The Morgan fingerprint density at radius 1 is 1.27 bits per heavy atom. The number of aromatic carboxylic acids is 2. The number of hydrogen-bond donors (Lipinski definition) is 2. The van der Waals surface area contributed by atoms with Crippen LogP contribution in [0.5, 0.6) is 0 Å². The van der Waals surface area contributed by atoms with E-state index in [9.17, 15) is 9.59 Å². The monoisotopic (exact) mass is 228 g/mol. The van der Waals surface area contributed by atoms with Crippen LogP contribution >= 0.6 is 11.6 Å². The molecule has 1 rings (SSSR count). The van der Waals surface area contributed by atoms with Gasteiger partial charge in [-0.1, -0.05) is 0 Å². The van der Waals surface area contributed by atoms with E-state index in [0.29, 0.717) is 11.1 Å².